The smallest absolute Gasteiger partial charge is 0.255 e. The lowest BCUT2D eigenvalue weighted by Gasteiger charge is -2.21. The molecule has 1 atom stereocenters. The Morgan fingerprint density at radius 3 is 2.95 bits per heavy atom. The number of benzene rings is 1. The molecule has 1 aliphatic heterocycles. The molecule has 1 unspecified atom stereocenters. The topological polar surface area (TPSA) is 50.4 Å². The molecule has 0 aromatic heterocycles. The number of nitrogens with one attached hydrogen (secondary N) is 2. The summed E-state index contributed by atoms with van der Waals surface area (Å²) in [5.74, 6) is 1.48. The van der Waals surface area contributed by atoms with Gasteiger partial charge in [0.25, 0.3) is 5.91 Å². The summed E-state index contributed by atoms with van der Waals surface area (Å²) >= 11 is 0. The molecule has 1 saturated carbocycles. The van der Waals surface area contributed by atoms with E-state index in [4.69, 9.17) is 4.74 Å². The van der Waals surface area contributed by atoms with E-state index in [0.717, 1.165) is 12.3 Å². The predicted molar refractivity (Wildman–Crippen MR) is 82.6 cm³/mol. The molecule has 0 bridgehead atoms. The van der Waals surface area contributed by atoms with E-state index in [-0.39, 0.29) is 5.91 Å². The SMILES string of the molecule is CNC(CC1CCCC1)c1ccc2c(c1)C(=O)NCCO2. The Kier molecular flexibility index (Phi) is 4.44. The number of fused-ring (bicyclic) bond motifs is 1. The maximum atomic E-state index is 12.1. The molecule has 1 aliphatic carbocycles. The molecule has 2 N–H and O–H groups in total. The second-order valence-electron chi connectivity index (χ2n) is 6.09. The number of hydrogen-bond donors (Lipinski definition) is 2. The van der Waals surface area contributed by atoms with E-state index >= 15 is 0 Å². The fourth-order valence-electron chi connectivity index (χ4n) is 3.49. The number of carbonyl (C=O) groups excluding carboxylic acids is 1. The van der Waals surface area contributed by atoms with E-state index in [0.29, 0.717) is 30.5 Å². The van der Waals surface area contributed by atoms with Gasteiger partial charge in [0.15, 0.2) is 0 Å². The first-order valence-corrected chi connectivity index (χ1v) is 8.00. The van der Waals surface area contributed by atoms with Crippen molar-refractivity contribution in [2.24, 2.45) is 5.92 Å². The van der Waals surface area contributed by atoms with Crippen LogP contribution in [0.25, 0.3) is 0 Å². The van der Waals surface area contributed by atoms with E-state index in [1.165, 1.54) is 31.2 Å². The zero-order valence-electron chi connectivity index (χ0n) is 12.7. The summed E-state index contributed by atoms with van der Waals surface area (Å²) in [7, 11) is 2.00. The van der Waals surface area contributed by atoms with Crippen LogP contribution in [0.5, 0.6) is 5.75 Å². The number of carbonyl (C=O) groups is 1. The van der Waals surface area contributed by atoms with E-state index in [9.17, 15) is 4.79 Å². The normalized spacial score (nSPS) is 20.3. The van der Waals surface area contributed by atoms with Gasteiger partial charge in [-0.05, 0) is 37.1 Å². The Bertz CT molecular complexity index is 510. The zero-order chi connectivity index (χ0) is 14.7. The van der Waals surface area contributed by atoms with E-state index < -0.39 is 0 Å². The van der Waals surface area contributed by atoms with Crippen molar-refractivity contribution >= 4 is 5.91 Å². The lowest BCUT2D eigenvalue weighted by atomic mass is 9.92. The van der Waals surface area contributed by atoms with Crippen LogP contribution in [0, 0.1) is 5.92 Å². The molecule has 0 spiro atoms. The quantitative estimate of drug-likeness (QED) is 0.895. The number of amides is 1. The van der Waals surface area contributed by atoms with Gasteiger partial charge in [-0.1, -0.05) is 31.7 Å². The first-order valence-electron chi connectivity index (χ1n) is 8.00. The molecule has 4 nitrogen and oxygen atoms in total. The minimum atomic E-state index is -0.0277. The zero-order valence-corrected chi connectivity index (χ0v) is 12.7. The lowest BCUT2D eigenvalue weighted by Crippen LogP contribution is -2.25. The van der Waals surface area contributed by atoms with Gasteiger partial charge in [0.2, 0.25) is 0 Å². The van der Waals surface area contributed by atoms with Gasteiger partial charge in [-0.3, -0.25) is 4.79 Å². The first-order chi connectivity index (χ1) is 10.3. The van der Waals surface area contributed by atoms with Gasteiger partial charge < -0.3 is 15.4 Å². The third-order valence-electron chi connectivity index (χ3n) is 4.69. The van der Waals surface area contributed by atoms with Crippen LogP contribution in [0.1, 0.15) is 54.1 Å². The highest BCUT2D eigenvalue weighted by molar-refractivity contribution is 5.97. The van der Waals surface area contributed by atoms with Gasteiger partial charge in [0.1, 0.15) is 12.4 Å². The van der Waals surface area contributed by atoms with Crippen molar-refractivity contribution in [2.75, 3.05) is 20.2 Å². The Labute approximate surface area is 126 Å². The van der Waals surface area contributed by atoms with Gasteiger partial charge in [-0.25, -0.2) is 0 Å². The lowest BCUT2D eigenvalue weighted by molar-refractivity contribution is 0.0957. The van der Waals surface area contributed by atoms with Gasteiger partial charge in [0, 0.05) is 6.04 Å². The molecule has 1 aromatic carbocycles. The third kappa shape index (κ3) is 3.21. The molecule has 1 heterocycles. The Balaban J connectivity index is 1.81. The molecule has 4 heteroatoms. The standard InChI is InChI=1S/C17H24N2O2/c1-18-15(10-12-4-2-3-5-12)13-6-7-16-14(11-13)17(20)19-8-9-21-16/h6-7,11-12,15,18H,2-5,8-10H2,1H3,(H,19,20). The molecule has 0 radical (unpaired) electrons. The highest BCUT2D eigenvalue weighted by Crippen LogP contribution is 2.34. The van der Waals surface area contributed by atoms with Crippen molar-refractivity contribution in [1.29, 1.82) is 0 Å². The maximum absolute atomic E-state index is 12.1. The summed E-state index contributed by atoms with van der Waals surface area (Å²) in [6.07, 6.45) is 6.56. The minimum Gasteiger partial charge on any atom is -0.491 e. The number of ether oxygens (including phenoxy) is 1. The van der Waals surface area contributed by atoms with Crippen LogP contribution in [0.3, 0.4) is 0 Å². The van der Waals surface area contributed by atoms with E-state index in [2.05, 4.69) is 16.7 Å². The summed E-state index contributed by atoms with van der Waals surface area (Å²) in [6.45, 7) is 1.11. The van der Waals surface area contributed by atoms with Crippen molar-refractivity contribution < 1.29 is 9.53 Å². The number of hydrogen-bond acceptors (Lipinski definition) is 3. The van der Waals surface area contributed by atoms with E-state index in [1.54, 1.807) is 0 Å². The Morgan fingerprint density at radius 2 is 2.19 bits per heavy atom. The van der Waals surface area contributed by atoms with Gasteiger partial charge in [-0.15, -0.1) is 0 Å². The van der Waals surface area contributed by atoms with Crippen LogP contribution in [-0.2, 0) is 0 Å². The maximum Gasteiger partial charge on any atom is 0.255 e. The fourth-order valence-corrected chi connectivity index (χ4v) is 3.49. The molecule has 114 valence electrons. The summed E-state index contributed by atoms with van der Waals surface area (Å²) in [5, 5.41) is 6.28. The third-order valence-corrected chi connectivity index (χ3v) is 4.69. The van der Waals surface area contributed by atoms with Crippen LogP contribution in [-0.4, -0.2) is 26.1 Å². The Hall–Kier alpha value is -1.55. The van der Waals surface area contributed by atoms with Crippen LogP contribution in [0.15, 0.2) is 18.2 Å². The monoisotopic (exact) mass is 288 g/mol. The van der Waals surface area contributed by atoms with Gasteiger partial charge in [-0.2, -0.15) is 0 Å². The van der Waals surface area contributed by atoms with Crippen LogP contribution in [0.4, 0.5) is 0 Å². The predicted octanol–water partition coefficient (Wildman–Crippen LogP) is 2.65. The average molecular weight is 288 g/mol. The summed E-state index contributed by atoms with van der Waals surface area (Å²) < 4.78 is 5.62. The molecular weight excluding hydrogens is 264 g/mol. The minimum absolute atomic E-state index is 0.0277. The van der Waals surface area contributed by atoms with E-state index in [1.807, 2.05) is 19.2 Å². The molecule has 1 fully saturated rings. The van der Waals surface area contributed by atoms with Crippen LogP contribution < -0.4 is 15.4 Å². The molecule has 2 aliphatic rings. The van der Waals surface area contributed by atoms with Crippen molar-refractivity contribution in [3.8, 4) is 5.75 Å². The second-order valence-corrected chi connectivity index (χ2v) is 6.09. The summed E-state index contributed by atoms with van der Waals surface area (Å²) in [5.41, 5.74) is 1.85. The fraction of sp³-hybridized carbons (Fsp3) is 0.588. The Morgan fingerprint density at radius 1 is 1.38 bits per heavy atom. The highest BCUT2D eigenvalue weighted by Gasteiger charge is 2.23. The van der Waals surface area contributed by atoms with Crippen molar-refractivity contribution in [1.82, 2.24) is 10.6 Å². The largest absolute Gasteiger partial charge is 0.491 e. The number of rotatable bonds is 4. The van der Waals surface area contributed by atoms with Crippen molar-refractivity contribution in [3.63, 3.8) is 0 Å². The molecule has 21 heavy (non-hydrogen) atoms. The van der Waals surface area contributed by atoms with Gasteiger partial charge in [0.05, 0.1) is 12.1 Å². The molecule has 0 saturated heterocycles. The molecule has 1 amide bonds. The summed E-state index contributed by atoms with van der Waals surface area (Å²) in [4.78, 5) is 12.1. The highest BCUT2D eigenvalue weighted by atomic mass is 16.5. The molecular formula is C17H24N2O2. The molecule has 3 rings (SSSR count). The van der Waals surface area contributed by atoms with Crippen LogP contribution in [0.2, 0.25) is 0 Å². The van der Waals surface area contributed by atoms with Crippen molar-refractivity contribution in [3.05, 3.63) is 29.3 Å². The van der Waals surface area contributed by atoms with Crippen LogP contribution >= 0.6 is 0 Å². The first kappa shape index (κ1) is 14.4. The second kappa shape index (κ2) is 6.48. The average Bonchev–Trinajstić information content (AvgIpc) is 2.95. The van der Waals surface area contributed by atoms with Gasteiger partial charge >= 0.3 is 0 Å². The molecule has 1 aromatic rings. The summed E-state index contributed by atoms with van der Waals surface area (Å²) in [6, 6.07) is 6.34. The van der Waals surface area contributed by atoms with Crippen molar-refractivity contribution in [2.45, 2.75) is 38.1 Å².